The number of carbonyl (C=O) groups is 1. The van der Waals surface area contributed by atoms with Crippen molar-refractivity contribution in [3.05, 3.63) is 94.3 Å². The number of nitrogens with zero attached hydrogens (tertiary/aromatic N) is 5. The first kappa shape index (κ1) is 26.5. The third-order valence-corrected chi connectivity index (χ3v) is 6.62. The zero-order chi connectivity index (χ0) is 28.4. The van der Waals surface area contributed by atoms with Gasteiger partial charge in [-0.2, -0.15) is 5.10 Å². The summed E-state index contributed by atoms with van der Waals surface area (Å²) < 4.78 is 27.8. The molecule has 2 aromatic carbocycles. The number of amides is 1. The molecule has 0 saturated heterocycles. The number of hydrogen-bond acceptors (Lipinski definition) is 8. The Labute approximate surface area is 228 Å². The maximum atomic E-state index is 14.0. The molecular formula is C27H24N8O4S. The van der Waals surface area contributed by atoms with Crippen LogP contribution in [0.15, 0.2) is 71.7 Å². The topological polar surface area (TPSA) is 166 Å². The molecule has 5 rings (SSSR count). The maximum Gasteiger partial charge on any atom is 0.274 e. The van der Waals surface area contributed by atoms with E-state index in [2.05, 4.69) is 32.0 Å². The van der Waals surface area contributed by atoms with Crippen molar-refractivity contribution in [1.82, 2.24) is 34.2 Å². The van der Waals surface area contributed by atoms with Crippen molar-refractivity contribution in [2.24, 2.45) is 0 Å². The molecule has 13 heteroatoms. The number of nitrogens with one attached hydrogen (secondary N) is 2. The third-order valence-electron chi connectivity index (χ3n) is 5.95. The summed E-state index contributed by atoms with van der Waals surface area (Å²) in [6.07, 6.45) is 2.56. The number of sulfonamides is 1. The van der Waals surface area contributed by atoms with Gasteiger partial charge in [0.25, 0.3) is 11.5 Å². The molecule has 3 aromatic heterocycles. The van der Waals surface area contributed by atoms with Crippen molar-refractivity contribution in [3.63, 3.8) is 0 Å². The molecule has 0 aliphatic rings. The summed E-state index contributed by atoms with van der Waals surface area (Å²) in [5.74, 6) is 5.37. The molecule has 40 heavy (non-hydrogen) atoms. The Morgan fingerprint density at radius 3 is 2.60 bits per heavy atom. The van der Waals surface area contributed by atoms with Crippen LogP contribution in [-0.2, 0) is 10.0 Å². The number of imidazole rings is 1. The van der Waals surface area contributed by atoms with Gasteiger partial charge < -0.3 is 11.1 Å². The van der Waals surface area contributed by atoms with Gasteiger partial charge in [0.2, 0.25) is 10.0 Å². The number of hydrogen-bond donors (Lipinski definition) is 3. The predicted octanol–water partition coefficient (Wildman–Crippen LogP) is 1.40. The highest BCUT2D eigenvalue weighted by atomic mass is 32.2. The summed E-state index contributed by atoms with van der Waals surface area (Å²) in [6.45, 7) is 1.59. The lowest BCUT2D eigenvalue weighted by molar-refractivity contribution is 0.0931. The van der Waals surface area contributed by atoms with Crippen LogP contribution in [0.2, 0.25) is 0 Å². The molecule has 5 aromatic rings. The van der Waals surface area contributed by atoms with Gasteiger partial charge in [-0.1, -0.05) is 36.1 Å². The van der Waals surface area contributed by atoms with Crippen LogP contribution in [0.25, 0.3) is 22.2 Å². The molecule has 1 unspecified atom stereocenters. The summed E-state index contributed by atoms with van der Waals surface area (Å²) in [7, 11) is -3.41. The van der Waals surface area contributed by atoms with Crippen LogP contribution < -0.4 is 21.3 Å². The first-order valence-electron chi connectivity index (χ1n) is 12.1. The average Bonchev–Trinajstić information content (AvgIpc) is 3.26. The average molecular weight is 557 g/mol. The van der Waals surface area contributed by atoms with Crippen molar-refractivity contribution >= 4 is 38.3 Å². The quantitative estimate of drug-likeness (QED) is 0.264. The molecule has 0 aliphatic carbocycles. The monoisotopic (exact) mass is 556 g/mol. The maximum absolute atomic E-state index is 14.0. The minimum atomic E-state index is -3.41. The standard InChI is InChI=1S/C27H24N8O4S/c1-17(31-26(36)23-24(28)33-21-14-8-15-29-35(21)23)25-32-20-13-6-9-18(10-7-16-30-40(2,38)39)22(20)27(37)34(25)19-11-4-3-5-12-19/h3-6,8-9,11-15,17,30H,16,28H2,1-2H3,(H,31,36). The molecule has 0 bridgehead atoms. The van der Waals surface area contributed by atoms with Crippen molar-refractivity contribution < 1.29 is 13.2 Å². The van der Waals surface area contributed by atoms with Gasteiger partial charge in [-0.3, -0.25) is 14.2 Å². The van der Waals surface area contributed by atoms with Gasteiger partial charge in [0, 0.05) is 11.8 Å². The fourth-order valence-electron chi connectivity index (χ4n) is 4.22. The summed E-state index contributed by atoms with van der Waals surface area (Å²) >= 11 is 0. The van der Waals surface area contributed by atoms with E-state index in [0.717, 1.165) is 6.26 Å². The molecule has 12 nitrogen and oxygen atoms in total. The van der Waals surface area contributed by atoms with Crippen molar-refractivity contribution in [1.29, 1.82) is 0 Å². The van der Waals surface area contributed by atoms with Gasteiger partial charge in [0.1, 0.15) is 5.82 Å². The molecule has 0 spiro atoms. The number of para-hydroxylation sites is 1. The molecule has 0 fully saturated rings. The molecule has 4 N–H and O–H groups in total. The van der Waals surface area contributed by atoms with Crippen molar-refractivity contribution in [2.75, 3.05) is 18.5 Å². The molecule has 0 radical (unpaired) electrons. The van der Waals surface area contributed by atoms with E-state index in [4.69, 9.17) is 10.7 Å². The molecule has 0 saturated carbocycles. The highest BCUT2D eigenvalue weighted by Crippen LogP contribution is 2.21. The van der Waals surface area contributed by atoms with Gasteiger partial charge in [0.15, 0.2) is 17.2 Å². The number of carbonyl (C=O) groups excluding carboxylic acids is 1. The second-order valence-electron chi connectivity index (χ2n) is 8.88. The van der Waals surface area contributed by atoms with Crippen LogP contribution in [0.5, 0.6) is 0 Å². The summed E-state index contributed by atoms with van der Waals surface area (Å²) in [6, 6.07) is 16.6. The normalized spacial score (nSPS) is 12.2. The van der Waals surface area contributed by atoms with E-state index in [1.807, 2.05) is 6.07 Å². The van der Waals surface area contributed by atoms with E-state index in [1.165, 1.54) is 15.3 Å². The molecule has 202 valence electrons. The van der Waals surface area contributed by atoms with E-state index in [9.17, 15) is 18.0 Å². The molecule has 1 amide bonds. The largest absolute Gasteiger partial charge is 0.382 e. The van der Waals surface area contributed by atoms with Gasteiger partial charge in [-0.25, -0.2) is 27.6 Å². The minimum Gasteiger partial charge on any atom is -0.382 e. The number of fused-ring (bicyclic) bond motifs is 2. The van der Waals surface area contributed by atoms with E-state index in [0.29, 0.717) is 22.4 Å². The van der Waals surface area contributed by atoms with Crippen LogP contribution in [-0.4, -0.2) is 51.3 Å². The van der Waals surface area contributed by atoms with Gasteiger partial charge in [-0.05, 0) is 43.3 Å². The lowest BCUT2D eigenvalue weighted by atomic mass is 10.1. The van der Waals surface area contributed by atoms with Crippen molar-refractivity contribution in [3.8, 4) is 17.5 Å². The van der Waals surface area contributed by atoms with Gasteiger partial charge >= 0.3 is 0 Å². The zero-order valence-electron chi connectivity index (χ0n) is 21.5. The fourth-order valence-corrected chi connectivity index (χ4v) is 4.56. The Morgan fingerprint density at radius 1 is 1.07 bits per heavy atom. The smallest absolute Gasteiger partial charge is 0.274 e. The fraction of sp³-hybridized carbons (Fsp3) is 0.148. The number of anilines is 1. The first-order valence-corrected chi connectivity index (χ1v) is 14.0. The van der Waals surface area contributed by atoms with E-state index < -0.39 is 27.5 Å². The van der Waals surface area contributed by atoms with E-state index in [-0.39, 0.29) is 29.3 Å². The number of nitrogen functional groups attached to an aromatic ring is 1. The summed E-state index contributed by atoms with van der Waals surface area (Å²) in [5.41, 5.74) is 7.41. The number of rotatable bonds is 6. The van der Waals surface area contributed by atoms with Crippen molar-refractivity contribution in [2.45, 2.75) is 13.0 Å². The van der Waals surface area contributed by atoms with Crippen LogP contribution in [0.3, 0.4) is 0 Å². The van der Waals surface area contributed by atoms with E-state index >= 15 is 0 Å². The molecule has 1 atom stereocenters. The Morgan fingerprint density at radius 2 is 1.85 bits per heavy atom. The predicted molar refractivity (Wildman–Crippen MR) is 150 cm³/mol. The van der Waals surface area contributed by atoms with Crippen LogP contribution in [0.1, 0.15) is 34.8 Å². The number of nitrogens with two attached hydrogens (primary N) is 1. The van der Waals surface area contributed by atoms with Gasteiger partial charge in [-0.15, -0.1) is 0 Å². The van der Waals surface area contributed by atoms with E-state index in [1.54, 1.807) is 61.5 Å². The lowest BCUT2D eigenvalue weighted by Crippen LogP contribution is -2.34. The lowest BCUT2D eigenvalue weighted by Gasteiger charge is -2.20. The number of benzene rings is 2. The summed E-state index contributed by atoms with van der Waals surface area (Å²) in [4.78, 5) is 36.3. The first-order chi connectivity index (χ1) is 19.1. The van der Waals surface area contributed by atoms with Crippen LogP contribution >= 0.6 is 0 Å². The molecule has 0 aliphatic heterocycles. The van der Waals surface area contributed by atoms with Crippen LogP contribution in [0, 0.1) is 11.8 Å². The summed E-state index contributed by atoms with van der Waals surface area (Å²) in [5, 5.41) is 7.30. The SMILES string of the molecule is CC(NC(=O)c1c(N)nc2cccnn12)c1nc2cccc(C#CCNS(C)(=O)=O)c2c(=O)n1-c1ccccc1. The van der Waals surface area contributed by atoms with Crippen LogP contribution in [0.4, 0.5) is 5.82 Å². The molecular weight excluding hydrogens is 532 g/mol. The second kappa shape index (κ2) is 10.6. The van der Waals surface area contributed by atoms with Gasteiger partial charge in [0.05, 0.1) is 35.4 Å². The zero-order valence-corrected chi connectivity index (χ0v) is 22.3. The second-order valence-corrected chi connectivity index (χ2v) is 10.7. The minimum absolute atomic E-state index is 0.0175. The Balaban J connectivity index is 1.60. The number of aromatic nitrogens is 5. The highest BCUT2D eigenvalue weighted by Gasteiger charge is 2.24. The Bertz CT molecular complexity index is 1990. The third kappa shape index (κ3) is 5.26. The molecule has 3 heterocycles. The highest BCUT2D eigenvalue weighted by molar-refractivity contribution is 7.88. The Hall–Kier alpha value is -5.06. The Kier molecular flexibility index (Phi) is 7.03.